The van der Waals surface area contributed by atoms with Crippen LogP contribution in [0.4, 0.5) is 0 Å². The number of thioether (sulfide) groups is 1. The Morgan fingerprint density at radius 2 is 2.00 bits per heavy atom. The van der Waals surface area contributed by atoms with Crippen molar-refractivity contribution in [1.82, 2.24) is 10.2 Å². The first-order chi connectivity index (χ1) is 9.13. The summed E-state index contributed by atoms with van der Waals surface area (Å²) in [5.41, 5.74) is 0. The Morgan fingerprint density at radius 1 is 1.32 bits per heavy atom. The summed E-state index contributed by atoms with van der Waals surface area (Å²) in [6, 6.07) is -0.123. The maximum absolute atomic E-state index is 12.4. The molecule has 108 valence electrons. The lowest BCUT2D eigenvalue weighted by atomic mass is 9.94. The van der Waals surface area contributed by atoms with Crippen LogP contribution in [0.3, 0.4) is 0 Å². The van der Waals surface area contributed by atoms with Gasteiger partial charge in [-0.15, -0.1) is 0 Å². The van der Waals surface area contributed by atoms with Crippen molar-refractivity contribution in [2.75, 3.05) is 12.8 Å². The molecule has 1 heterocycles. The number of carbonyl (C=O) groups excluding carboxylic acids is 2. The highest BCUT2D eigenvalue weighted by atomic mass is 32.2. The molecule has 0 aromatic rings. The summed E-state index contributed by atoms with van der Waals surface area (Å²) in [6.45, 7) is 2.90. The van der Waals surface area contributed by atoms with Gasteiger partial charge in [0, 0.05) is 17.8 Å². The molecule has 1 aliphatic heterocycles. The smallest absolute Gasteiger partial charge is 0.247 e. The second-order valence-corrected chi connectivity index (χ2v) is 6.88. The normalized spacial score (nSPS) is 27.1. The Hall–Kier alpha value is -0.550. The van der Waals surface area contributed by atoms with Gasteiger partial charge in [0.25, 0.3) is 0 Å². The van der Waals surface area contributed by atoms with Gasteiger partial charge >= 0.3 is 0 Å². The Bertz CT molecular complexity index is 342. The van der Waals surface area contributed by atoms with Crippen molar-refractivity contribution in [3.63, 3.8) is 0 Å². The molecule has 2 rings (SSSR count). The van der Waals surface area contributed by atoms with E-state index in [0.717, 1.165) is 32.2 Å². The van der Waals surface area contributed by atoms with E-state index in [-0.39, 0.29) is 23.9 Å². The first-order valence-corrected chi connectivity index (χ1v) is 8.54. The number of carbonyl (C=O) groups is 2. The summed E-state index contributed by atoms with van der Waals surface area (Å²) < 4.78 is 0. The van der Waals surface area contributed by atoms with Gasteiger partial charge in [0.1, 0.15) is 0 Å². The Labute approximate surface area is 119 Å². The van der Waals surface area contributed by atoms with Crippen molar-refractivity contribution in [3.05, 3.63) is 0 Å². The van der Waals surface area contributed by atoms with Crippen LogP contribution in [-0.4, -0.2) is 46.8 Å². The minimum absolute atomic E-state index is 0.00482. The monoisotopic (exact) mass is 284 g/mol. The van der Waals surface area contributed by atoms with Gasteiger partial charge in [0.15, 0.2) is 0 Å². The molecule has 1 saturated heterocycles. The predicted molar refractivity (Wildman–Crippen MR) is 78.1 cm³/mol. The van der Waals surface area contributed by atoms with Crippen LogP contribution < -0.4 is 5.32 Å². The van der Waals surface area contributed by atoms with Crippen LogP contribution in [0.25, 0.3) is 0 Å². The lowest BCUT2D eigenvalue weighted by Crippen LogP contribution is -2.45. The number of amides is 2. The van der Waals surface area contributed by atoms with Crippen molar-refractivity contribution >= 4 is 23.6 Å². The van der Waals surface area contributed by atoms with Gasteiger partial charge in [0.05, 0.1) is 12.5 Å². The van der Waals surface area contributed by atoms with Crippen molar-refractivity contribution in [1.29, 1.82) is 0 Å². The van der Waals surface area contributed by atoms with E-state index >= 15 is 0 Å². The fourth-order valence-electron chi connectivity index (χ4n) is 2.92. The van der Waals surface area contributed by atoms with Crippen molar-refractivity contribution in [2.24, 2.45) is 0 Å². The average Bonchev–Trinajstić information content (AvgIpc) is 2.71. The van der Waals surface area contributed by atoms with E-state index < -0.39 is 0 Å². The van der Waals surface area contributed by atoms with E-state index in [1.807, 2.05) is 0 Å². The topological polar surface area (TPSA) is 49.4 Å². The molecule has 4 nitrogen and oxygen atoms in total. The van der Waals surface area contributed by atoms with E-state index in [4.69, 9.17) is 0 Å². The molecule has 0 aromatic carbocycles. The Kier molecular flexibility index (Phi) is 5.28. The number of likely N-dealkylation sites (tertiary alicyclic amines) is 1. The van der Waals surface area contributed by atoms with Crippen molar-refractivity contribution in [3.8, 4) is 0 Å². The minimum atomic E-state index is -0.288. The van der Waals surface area contributed by atoms with Crippen LogP contribution in [0.5, 0.6) is 0 Å². The maximum atomic E-state index is 12.4. The first-order valence-electron chi connectivity index (χ1n) is 7.25. The molecular formula is C14H24N2O2S. The van der Waals surface area contributed by atoms with E-state index in [1.165, 1.54) is 6.42 Å². The first kappa shape index (κ1) is 14.9. The zero-order valence-corrected chi connectivity index (χ0v) is 12.7. The molecule has 0 aromatic heterocycles. The molecule has 1 saturated carbocycles. The highest BCUT2D eigenvalue weighted by Gasteiger charge is 2.42. The van der Waals surface area contributed by atoms with Gasteiger partial charge in [-0.25, -0.2) is 0 Å². The summed E-state index contributed by atoms with van der Waals surface area (Å²) in [6.07, 6.45) is 7.90. The summed E-state index contributed by atoms with van der Waals surface area (Å²) >= 11 is 1.77. The molecule has 0 spiro atoms. The molecule has 19 heavy (non-hydrogen) atoms. The van der Waals surface area contributed by atoms with Crippen LogP contribution in [0.1, 0.15) is 45.4 Å². The Morgan fingerprint density at radius 3 is 2.63 bits per heavy atom. The molecule has 0 radical (unpaired) electrons. The second kappa shape index (κ2) is 6.75. The number of hydrogen-bond acceptors (Lipinski definition) is 4. The third-order valence-corrected chi connectivity index (χ3v) is 5.15. The van der Waals surface area contributed by atoms with Gasteiger partial charge in [-0.05, 0) is 19.1 Å². The van der Waals surface area contributed by atoms with Gasteiger partial charge in [-0.2, -0.15) is 11.8 Å². The molecule has 1 N–H and O–H groups in total. The third kappa shape index (κ3) is 3.51. The summed E-state index contributed by atoms with van der Waals surface area (Å²) in [4.78, 5) is 26.0. The minimum Gasteiger partial charge on any atom is -0.304 e. The molecule has 5 heteroatoms. The van der Waals surface area contributed by atoms with Crippen molar-refractivity contribution in [2.45, 2.75) is 62.8 Å². The molecule has 2 aliphatic rings. The van der Waals surface area contributed by atoms with Crippen LogP contribution in [0.15, 0.2) is 0 Å². The molecule has 2 amide bonds. The summed E-state index contributed by atoms with van der Waals surface area (Å²) in [5, 5.41) is 3.71. The van der Waals surface area contributed by atoms with Crippen LogP contribution in [-0.2, 0) is 9.59 Å². The van der Waals surface area contributed by atoms with E-state index in [1.54, 1.807) is 16.7 Å². The number of imide groups is 1. The van der Waals surface area contributed by atoms with E-state index in [0.29, 0.717) is 11.7 Å². The van der Waals surface area contributed by atoms with E-state index in [9.17, 15) is 9.59 Å². The van der Waals surface area contributed by atoms with Crippen LogP contribution in [0, 0.1) is 0 Å². The maximum Gasteiger partial charge on any atom is 0.247 e. The Balaban J connectivity index is 1.92. The summed E-state index contributed by atoms with van der Waals surface area (Å²) in [5.74, 6) is 0.0245. The third-order valence-electron chi connectivity index (χ3n) is 4.18. The molecule has 2 atom stereocenters. The van der Waals surface area contributed by atoms with Gasteiger partial charge < -0.3 is 5.32 Å². The van der Waals surface area contributed by atoms with Gasteiger partial charge in [-0.1, -0.05) is 26.2 Å². The van der Waals surface area contributed by atoms with Crippen LogP contribution in [0.2, 0.25) is 0 Å². The van der Waals surface area contributed by atoms with Crippen LogP contribution >= 0.6 is 11.8 Å². The van der Waals surface area contributed by atoms with Gasteiger partial charge in [-0.3, -0.25) is 14.5 Å². The fraction of sp³-hybridized carbons (Fsp3) is 0.857. The molecule has 0 bridgehead atoms. The summed E-state index contributed by atoms with van der Waals surface area (Å²) in [7, 11) is 0. The molecule has 1 aliphatic carbocycles. The molecular weight excluding hydrogens is 260 g/mol. The van der Waals surface area contributed by atoms with Gasteiger partial charge in [0.2, 0.25) is 11.8 Å². The second-order valence-electron chi connectivity index (χ2n) is 5.61. The zero-order valence-electron chi connectivity index (χ0n) is 11.9. The average molecular weight is 284 g/mol. The predicted octanol–water partition coefficient (Wildman–Crippen LogP) is 1.79. The highest BCUT2D eigenvalue weighted by molar-refractivity contribution is 7.99. The van der Waals surface area contributed by atoms with E-state index in [2.05, 4.69) is 18.5 Å². The van der Waals surface area contributed by atoms with Crippen molar-refractivity contribution < 1.29 is 9.59 Å². The zero-order chi connectivity index (χ0) is 13.8. The number of nitrogens with one attached hydrogen (secondary N) is 1. The molecule has 2 fully saturated rings. The largest absolute Gasteiger partial charge is 0.304 e. The standard InChI is InChI=1S/C14H24N2O2S/c1-10(19-2)9-15-12-8-13(17)16(14(12)18)11-6-4-3-5-7-11/h10-12,15H,3-9H2,1-2H3. The lowest BCUT2D eigenvalue weighted by Gasteiger charge is -2.29. The number of rotatable bonds is 5. The SMILES string of the molecule is CSC(C)CNC1CC(=O)N(C2CCCCC2)C1=O. The number of nitrogens with zero attached hydrogens (tertiary/aromatic N) is 1. The highest BCUT2D eigenvalue weighted by Crippen LogP contribution is 2.27. The lowest BCUT2D eigenvalue weighted by molar-refractivity contribution is -0.142. The number of hydrogen-bond donors (Lipinski definition) is 1. The fourth-order valence-corrected chi connectivity index (χ4v) is 3.19. The quantitative estimate of drug-likeness (QED) is 0.782. The molecule has 2 unspecified atom stereocenters.